The SMILES string of the molecule is N#Cc1nc(N(Cc2ccccc2F)Cc2ccccc2F)c(C#N)nc1N. The molecule has 0 fully saturated rings. The van der Waals surface area contributed by atoms with Crippen molar-refractivity contribution < 1.29 is 8.78 Å². The monoisotopic (exact) mass is 376 g/mol. The number of anilines is 2. The summed E-state index contributed by atoms with van der Waals surface area (Å²) in [5, 5.41) is 18.6. The maximum Gasteiger partial charge on any atom is 0.185 e. The fourth-order valence-electron chi connectivity index (χ4n) is 2.69. The lowest BCUT2D eigenvalue weighted by atomic mass is 10.1. The van der Waals surface area contributed by atoms with Gasteiger partial charge in [-0.1, -0.05) is 36.4 Å². The van der Waals surface area contributed by atoms with Crippen LogP contribution in [0.25, 0.3) is 0 Å². The Morgan fingerprint density at radius 1 is 0.821 bits per heavy atom. The first-order valence-electron chi connectivity index (χ1n) is 8.23. The number of nitrogens with two attached hydrogens (primary N) is 1. The van der Waals surface area contributed by atoms with Crippen LogP contribution in [0.2, 0.25) is 0 Å². The van der Waals surface area contributed by atoms with Crippen LogP contribution in [0.15, 0.2) is 48.5 Å². The Balaban J connectivity index is 2.11. The smallest absolute Gasteiger partial charge is 0.185 e. The molecule has 0 radical (unpaired) electrons. The molecule has 2 N–H and O–H groups in total. The summed E-state index contributed by atoms with van der Waals surface area (Å²) in [4.78, 5) is 9.53. The van der Waals surface area contributed by atoms with E-state index in [-0.39, 0.29) is 36.1 Å². The zero-order chi connectivity index (χ0) is 20.1. The van der Waals surface area contributed by atoms with E-state index in [2.05, 4.69) is 9.97 Å². The summed E-state index contributed by atoms with van der Waals surface area (Å²) in [5.41, 5.74) is 5.98. The molecule has 0 spiro atoms. The highest BCUT2D eigenvalue weighted by molar-refractivity contribution is 5.58. The van der Waals surface area contributed by atoms with Gasteiger partial charge in [0.1, 0.15) is 23.8 Å². The summed E-state index contributed by atoms with van der Waals surface area (Å²) in [6, 6.07) is 15.9. The molecule has 0 amide bonds. The third-order valence-electron chi connectivity index (χ3n) is 4.05. The van der Waals surface area contributed by atoms with Crippen molar-refractivity contribution in [2.75, 3.05) is 10.6 Å². The Bertz CT molecular complexity index is 1050. The van der Waals surface area contributed by atoms with Gasteiger partial charge in [-0.25, -0.2) is 18.7 Å². The van der Waals surface area contributed by atoms with Crippen LogP contribution in [-0.4, -0.2) is 9.97 Å². The topological polar surface area (TPSA) is 103 Å². The van der Waals surface area contributed by atoms with Gasteiger partial charge in [0, 0.05) is 24.2 Å². The van der Waals surface area contributed by atoms with Crippen LogP contribution in [0.1, 0.15) is 22.5 Å². The highest BCUT2D eigenvalue weighted by Crippen LogP contribution is 2.25. The van der Waals surface area contributed by atoms with Gasteiger partial charge in [-0.05, 0) is 12.1 Å². The number of hydrogen-bond acceptors (Lipinski definition) is 6. The third kappa shape index (κ3) is 3.87. The van der Waals surface area contributed by atoms with Crippen LogP contribution in [0.4, 0.5) is 20.4 Å². The standard InChI is InChI=1S/C20H14F2N6/c21-15-7-3-1-5-13(15)11-28(12-14-6-2-4-8-16(14)22)20-18(10-24)26-19(25)17(9-23)27-20/h1-8H,11-12H2,(H2,25,26). The molecule has 0 bridgehead atoms. The number of aromatic nitrogens is 2. The lowest BCUT2D eigenvalue weighted by Crippen LogP contribution is -2.26. The minimum atomic E-state index is -0.455. The van der Waals surface area contributed by atoms with Crippen LogP contribution in [-0.2, 0) is 13.1 Å². The summed E-state index contributed by atoms with van der Waals surface area (Å²) in [5.74, 6) is -1.06. The molecule has 0 saturated carbocycles. The van der Waals surface area contributed by atoms with Gasteiger partial charge in [-0.15, -0.1) is 0 Å². The Morgan fingerprint density at radius 3 is 1.79 bits per heavy atom. The number of nitrogen functional groups attached to an aromatic ring is 1. The molecule has 1 heterocycles. The second-order valence-corrected chi connectivity index (χ2v) is 5.89. The van der Waals surface area contributed by atoms with E-state index in [9.17, 15) is 19.3 Å². The molecule has 3 rings (SSSR count). The Morgan fingerprint density at radius 2 is 1.32 bits per heavy atom. The lowest BCUT2D eigenvalue weighted by molar-refractivity contribution is 0.590. The number of benzene rings is 2. The summed E-state index contributed by atoms with van der Waals surface area (Å²) in [6.07, 6.45) is 0. The van der Waals surface area contributed by atoms with E-state index >= 15 is 0 Å². The van der Waals surface area contributed by atoms with Crippen LogP contribution in [0.3, 0.4) is 0 Å². The number of nitriles is 2. The van der Waals surface area contributed by atoms with E-state index in [0.29, 0.717) is 11.1 Å². The molecule has 28 heavy (non-hydrogen) atoms. The van der Waals surface area contributed by atoms with Crippen LogP contribution in [0.5, 0.6) is 0 Å². The number of rotatable bonds is 5. The maximum absolute atomic E-state index is 14.2. The fraction of sp³-hybridized carbons (Fsp3) is 0.100. The molecule has 138 valence electrons. The third-order valence-corrected chi connectivity index (χ3v) is 4.05. The van der Waals surface area contributed by atoms with E-state index in [0.717, 1.165) is 0 Å². The normalized spacial score (nSPS) is 10.1. The number of halogens is 2. The number of hydrogen-bond donors (Lipinski definition) is 1. The number of nitrogens with zero attached hydrogens (tertiary/aromatic N) is 5. The van der Waals surface area contributed by atoms with Gasteiger partial charge < -0.3 is 10.6 Å². The summed E-state index contributed by atoms with van der Waals surface area (Å²) >= 11 is 0. The summed E-state index contributed by atoms with van der Waals surface area (Å²) < 4.78 is 28.4. The fourth-order valence-corrected chi connectivity index (χ4v) is 2.69. The van der Waals surface area contributed by atoms with Crippen molar-refractivity contribution >= 4 is 11.6 Å². The molecule has 0 aliphatic carbocycles. The predicted molar refractivity (Wildman–Crippen MR) is 98.6 cm³/mol. The van der Waals surface area contributed by atoms with Gasteiger partial charge in [0.05, 0.1) is 0 Å². The molecule has 0 aliphatic heterocycles. The predicted octanol–water partition coefficient (Wildman–Crippen LogP) is 3.29. The largest absolute Gasteiger partial charge is 0.381 e. The zero-order valence-electron chi connectivity index (χ0n) is 14.6. The second kappa shape index (κ2) is 8.11. The van der Waals surface area contributed by atoms with Crippen LogP contribution in [0, 0.1) is 34.3 Å². The molecular formula is C20H14F2N6. The molecule has 3 aromatic rings. The molecule has 1 aromatic heterocycles. The van der Waals surface area contributed by atoms with E-state index in [1.807, 2.05) is 12.1 Å². The first-order chi connectivity index (χ1) is 13.5. The first-order valence-corrected chi connectivity index (χ1v) is 8.23. The van der Waals surface area contributed by atoms with Crippen molar-refractivity contribution in [1.82, 2.24) is 9.97 Å². The van der Waals surface area contributed by atoms with Gasteiger partial charge in [0.25, 0.3) is 0 Å². The Kier molecular flexibility index (Phi) is 5.43. The molecule has 0 unspecified atom stereocenters. The molecule has 0 saturated heterocycles. The van der Waals surface area contributed by atoms with Crippen molar-refractivity contribution in [2.45, 2.75) is 13.1 Å². The molecule has 0 aliphatic rings. The van der Waals surface area contributed by atoms with Gasteiger partial charge >= 0.3 is 0 Å². The van der Waals surface area contributed by atoms with E-state index in [4.69, 9.17) is 5.73 Å². The van der Waals surface area contributed by atoms with Crippen molar-refractivity contribution in [1.29, 1.82) is 10.5 Å². The van der Waals surface area contributed by atoms with Crippen molar-refractivity contribution in [3.8, 4) is 12.1 Å². The van der Waals surface area contributed by atoms with Crippen LogP contribution >= 0.6 is 0 Å². The van der Waals surface area contributed by atoms with E-state index in [1.54, 1.807) is 36.4 Å². The molecule has 0 atom stereocenters. The van der Waals surface area contributed by atoms with E-state index in [1.165, 1.54) is 17.0 Å². The van der Waals surface area contributed by atoms with Gasteiger partial charge in [0.15, 0.2) is 23.0 Å². The highest BCUT2D eigenvalue weighted by atomic mass is 19.1. The van der Waals surface area contributed by atoms with Crippen molar-refractivity contribution in [2.24, 2.45) is 0 Å². The van der Waals surface area contributed by atoms with E-state index < -0.39 is 11.6 Å². The minimum absolute atomic E-state index is 0.0147. The van der Waals surface area contributed by atoms with Gasteiger partial charge in [0.2, 0.25) is 0 Å². The lowest BCUT2D eigenvalue weighted by Gasteiger charge is -2.25. The average Bonchev–Trinajstić information content (AvgIpc) is 2.70. The highest BCUT2D eigenvalue weighted by Gasteiger charge is 2.20. The Hall–Kier alpha value is -4.04. The molecule has 2 aromatic carbocycles. The molecular weight excluding hydrogens is 362 g/mol. The van der Waals surface area contributed by atoms with Crippen molar-refractivity contribution in [3.63, 3.8) is 0 Å². The maximum atomic E-state index is 14.2. The summed E-state index contributed by atoms with van der Waals surface area (Å²) in [7, 11) is 0. The quantitative estimate of drug-likeness (QED) is 0.733. The van der Waals surface area contributed by atoms with Crippen LogP contribution < -0.4 is 10.6 Å². The minimum Gasteiger partial charge on any atom is -0.381 e. The second-order valence-electron chi connectivity index (χ2n) is 5.89. The molecule has 6 nitrogen and oxygen atoms in total. The Labute approximate surface area is 160 Å². The van der Waals surface area contributed by atoms with Crippen molar-refractivity contribution in [3.05, 3.63) is 82.7 Å². The first kappa shape index (κ1) is 18.7. The zero-order valence-corrected chi connectivity index (χ0v) is 14.6. The van der Waals surface area contributed by atoms with Gasteiger partial charge in [-0.2, -0.15) is 10.5 Å². The summed E-state index contributed by atoms with van der Waals surface area (Å²) in [6.45, 7) is -0.0295. The average molecular weight is 376 g/mol. The molecule has 8 heteroatoms. The van der Waals surface area contributed by atoms with Gasteiger partial charge in [-0.3, -0.25) is 0 Å².